The normalized spacial score (nSPS) is 11.3. The largest absolute Gasteiger partial charge is 0.290 e. The molecular formula is C23H19N5O2. The smallest absolute Gasteiger partial charge is 0.281 e. The van der Waals surface area contributed by atoms with E-state index >= 15 is 0 Å². The van der Waals surface area contributed by atoms with E-state index < -0.39 is 5.91 Å². The second-order valence-corrected chi connectivity index (χ2v) is 6.58. The third-order valence-electron chi connectivity index (χ3n) is 4.58. The molecule has 0 aliphatic carbocycles. The molecule has 0 saturated heterocycles. The summed E-state index contributed by atoms with van der Waals surface area (Å²) in [7, 11) is 0. The van der Waals surface area contributed by atoms with E-state index in [1.54, 1.807) is 25.3 Å². The summed E-state index contributed by atoms with van der Waals surface area (Å²) in [5, 5.41) is 7.36. The van der Waals surface area contributed by atoms with Crippen molar-refractivity contribution in [1.29, 1.82) is 0 Å². The number of hydrazone groups is 1. The second-order valence-electron chi connectivity index (χ2n) is 6.58. The predicted octanol–water partition coefficient (Wildman–Crippen LogP) is 3.38. The lowest BCUT2D eigenvalue weighted by molar-refractivity contribution is 0.0954. The molecule has 0 aliphatic rings. The van der Waals surface area contributed by atoms with Crippen LogP contribution in [-0.2, 0) is 0 Å². The van der Waals surface area contributed by atoms with E-state index in [2.05, 4.69) is 20.6 Å². The molecule has 2 aromatic carbocycles. The van der Waals surface area contributed by atoms with Crippen molar-refractivity contribution in [2.24, 2.45) is 5.10 Å². The first-order valence-corrected chi connectivity index (χ1v) is 9.36. The zero-order valence-corrected chi connectivity index (χ0v) is 16.2. The standard InChI is InChI=1S/C23H19N5O2/c1-16(25-26-22(29)18-11-8-14-24-15-18)20-21(17-9-4-2-5-10-17)27-28(23(20)30)19-12-6-3-7-13-19/h2-15,27H,1H3,(H,26,29)/b25-16+. The number of para-hydroxylation sites is 1. The fourth-order valence-corrected chi connectivity index (χ4v) is 3.10. The molecule has 2 heterocycles. The molecule has 7 heteroatoms. The first-order valence-electron chi connectivity index (χ1n) is 9.36. The van der Waals surface area contributed by atoms with E-state index in [4.69, 9.17) is 0 Å². The Kier molecular flexibility index (Phi) is 5.34. The zero-order valence-electron chi connectivity index (χ0n) is 16.2. The van der Waals surface area contributed by atoms with Gasteiger partial charge in [-0.1, -0.05) is 48.5 Å². The first kappa shape index (κ1) is 19.1. The van der Waals surface area contributed by atoms with Crippen molar-refractivity contribution in [3.05, 3.63) is 107 Å². The molecule has 1 amide bonds. The van der Waals surface area contributed by atoms with Crippen LogP contribution in [0.1, 0.15) is 22.8 Å². The molecule has 2 N–H and O–H groups in total. The van der Waals surface area contributed by atoms with Crippen molar-refractivity contribution < 1.29 is 4.79 Å². The molecule has 4 aromatic rings. The molecule has 148 valence electrons. The molecular weight excluding hydrogens is 378 g/mol. The van der Waals surface area contributed by atoms with E-state index in [1.165, 1.54) is 10.9 Å². The minimum atomic E-state index is -0.400. The van der Waals surface area contributed by atoms with Crippen LogP contribution in [0.25, 0.3) is 16.9 Å². The minimum absolute atomic E-state index is 0.253. The van der Waals surface area contributed by atoms with Crippen LogP contribution in [0.4, 0.5) is 0 Å². The number of benzene rings is 2. The topological polar surface area (TPSA) is 92.1 Å². The Balaban J connectivity index is 1.77. The summed E-state index contributed by atoms with van der Waals surface area (Å²) in [6.45, 7) is 1.69. The van der Waals surface area contributed by atoms with Crippen LogP contribution in [0.3, 0.4) is 0 Å². The summed E-state index contributed by atoms with van der Waals surface area (Å²) >= 11 is 0. The van der Waals surface area contributed by atoms with Gasteiger partial charge >= 0.3 is 0 Å². The van der Waals surface area contributed by atoms with Crippen LogP contribution < -0.4 is 11.0 Å². The van der Waals surface area contributed by atoms with E-state index in [0.717, 1.165) is 5.56 Å². The SMILES string of the molecule is C/C(=N\NC(=O)c1cccnc1)c1c(-c2ccccc2)[nH]n(-c2ccccc2)c1=O. The second kappa shape index (κ2) is 8.40. The van der Waals surface area contributed by atoms with Crippen molar-refractivity contribution in [2.75, 3.05) is 0 Å². The van der Waals surface area contributed by atoms with E-state index in [1.807, 2.05) is 60.7 Å². The molecule has 0 unspecified atom stereocenters. The highest BCUT2D eigenvalue weighted by atomic mass is 16.2. The van der Waals surface area contributed by atoms with Crippen LogP contribution in [-0.4, -0.2) is 26.4 Å². The number of nitrogens with one attached hydrogen (secondary N) is 2. The van der Waals surface area contributed by atoms with Gasteiger partial charge in [-0.15, -0.1) is 0 Å². The number of pyridine rings is 1. The summed E-state index contributed by atoms with van der Waals surface area (Å²) in [4.78, 5) is 29.5. The highest BCUT2D eigenvalue weighted by molar-refractivity contribution is 6.04. The number of hydrogen-bond donors (Lipinski definition) is 2. The van der Waals surface area contributed by atoms with E-state index in [9.17, 15) is 9.59 Å². The summed E-state index contributed by atoms with van der Waals surface area (Å²) in [5.41, 5.74) is 5.58. The van der Waals surface area contributed by atoms with Crippen molar-refractivity contribution in [3.8, 4) is 16.9 Å². The average Bonchev–Trinajstić information content (AvgIpc) is 3.16. The van der Waals surface area contributed by atoms with Gasteiger partial charge in [-0.3, -0.25) is 19.7 Å². The van der Waals surface area contributed by atoms with Gasteiger partial charge in [0.2, 0.25) is 0 Å². The highest BCUT2D eigenvalue weighted by Gasteiger charge is 2.19. The van der Waals surface area contributed by atoms with E-state index in [-0.39, 0.29) is 5.56 Å². The summed E-state index contributed by atoms with van der Waals surface area (Å²) < 4.78 is 1.47. The van der Waals surface area contributed by atoms with Crippen LogP contribution in [0.5, 0.6) is 0 Å². The molecule has 0 radical (unpaired) electrons. The fraction of sp³-hybridized carbons (Fsp3) is 0.0435. The van der Waals surface area contributed by atoms with Crippen LogP contribution >= 0.6 is 0 Å². The van der Waals surface area contributed by atoms with Crippen LogP contribution in [0, 0.1) is 0 Å². The van der Waals surface area contributed by atoms with Crippen LogP contribution in [0.2, 0.25) is 0 Å². The average molecular weight is 397 g/mol. The summed E-state index contributed by atoms with van der Waals surface area (Å²) in [5.74, 6) is -0.400. The van der Waals surface area contributed by atoms with Crippen LogP contribution in [0.15, 0.2) is 95.1 Å². The van der Waals surface area contributed by atoms with Gasteiger partial charge < -0.3 is 0 Å². The van der Waals surface area contributed by atoms with Gasteiger partial charge in [0.25, 0.3) is 11.5 Å². The molecule has 0 bridgehead atoms. The Hall–Kier alpha value is -4.26. The van der Waals surface area contributed by atoms with Gasteiger partial charge in [0, 0.05) is 18.0 Å². The number of hydrogen-bond acceptors (Lipinski definition) is 4. The lowest BCUT2D eigenvalue weighted by atomic mass is 10.1. The van der Waals surface area contributed by atoms with Gasteiger partial charge in [-0.05, 0) is 31.2 Å². The number of H-pyrrole nitrogens is 1. The molecule has 4 rings (SSSR count). The fourth-order valence-electron chi connectivity index (χ4n) is 3.10. The molecule has 30 heavy (non-hydrogen) atoms. The molecule has 0 aliphatic heterocycles. The van der Waals surface area contributed by atoms with Crippen molar-refractivity contribution in [2.45, 2.75) is 6.92 Å². The molecule has 0 saturated carbocycles. The number of aromatic amines is 1. The zero-order chi connectivity index (χ0) is 20.9. The Morgan fingerprint density at radius 3 is 2.37 bits per heavy atom. The molecule has 7 nitrogen and oxygen atoms in total. The lowest BCUT2D eigenvalue weighted by Gasteiger charge is -2.04. The number of rotatable bonds is 5. The van der Waals surface area contributed by atoms with Crippen molar-refractivity contribution >= 4 is 11.6 Å². The Labute approximate surface area is 172 Å². The summed E-state index contributed by atoms with van der Waals surface area (Å²) in [6, 6.07) is 22.1. The van der Waals surface area contributed by atoms with Crippen molar-refractivity contribution in [3.63, 3.8) is 0 Å². The maximum Gasteiger partial charge on any atom is 0.281 e. The molecule has 2 aromatic heterocycles. The summed E-state index contributed by atoms with van der Waals surface area (Å²) in [6.07, 6.45) is 3.04. The maximum absolute atomic E-state index is 13.2. The number of amides is 1. The number of carbonyl (C=O) groups is 1. The quantitative estimate of drug-likeness (QED) is 0.399. The monoisotopic (exact) mass is 397 g/mol. The number of carbonyl (C=O) groups excluding carboxylic acids is 1. The third-order valence-corrected chi connectivity index (χ3v) is 4.58. The maximum atomic E-state index is 13.2. The Bertz CT molecular complexity index is 1240. The van der Waals surface area contributed by atoms with Gasteiger partial charge in [0.1, 0.15) is 0 Å². The van der Waals surface area contributed by atoms with Crippen molar-refractivity contribution in [1.82, 2.24) is 20.2 Å². The van der Waals surface area contributed by atoms with Gasteiger partial charge in [0.15, 0.2) is 0 Å². The van der Waals surface area contributed by atoms with Gasteiger partial charge in [0.05, 0.1) is 28.2 Å². The van der Waals surface area contributed by atoms with E-state index in [0.29, 0.717) is 28.2 Å². The molecule has 0 atom stereocenters. The van der Waals surface area contributed by atoms with Gasteiger partial charge in [-0.2, -0.15) is 5.10 Å². The number of nitrogens with zero attached hydrogens (tertiary/aromatic N) is 3. The Morgan fingerprint density at radius 1 is 1.00 bits per heavy atom. The predicted molar refractivity (Wildman–Crippen MR) is 116 cm³/mol. The highest BCUT2D eigenvalue weighted by Crippen LogP contribution is 2.21. The molecule has 0 fully saturated rings. The third kappa shape index (κ3) is 3.81. The Morgan fingerprint density at radius 2 is 1.70 bits per heavy atom. The number of aromatic nitrogens is 3. The first-order chi connectivity index (χ1) is 14.6. The molecule has 0 spiro atoms. The van der Waals surface area contributed by atoms with Gasteiger partial charge in [-0.25, -0.2) is 10.1 Å². The lowest BCUT2D eigenvalue weighted by Crippen LogP contribution is -2.23. The minimum Gasteiger partial charge on any atom is -0.290 e.